The van der Waals surface area contributed by atoms with E-state index >= 15 is 0 Å². The number of amides is 1. The van der Waals surface area contributed by atoms with Crippen LogP contribution in [0.1, 0.15) is 6.92 Å². The minimum absolute atomic E-state index is 0.0136. The van der Waals surface area contributed by atoms with Crippen molar-refractivity contribution in [3.05, 3.63) is 54.6 Å². The topological polar surface area (TPSA) is 162 Å². The Morgan fingerprint density at radius 2 is 1.55 bits per heavy atom. The minimum atomic E-state index is -3.92. The summed E-state index contributed by atoms with van der Waals surface area (Å²) in [6, 6.07) is 11.3. The van der Waals surface area contributed by atoms with Crippen LogP contribution in [0.3, 0.4) is 0 Å². The third-order valence-corrected chi connectivity index (χ3v) is 6.04. The first-order valence-electron chi connectivity index (χ1n) is 8.16. The molecule has 0 aromatic heterocycles. The predicted octanol–water partition coefficient (Wildman–Crippen LogP) is 0.183. The zero-order chi connectivity index (χ0) is 21.7. The first-order chi connectivity index (χ1) is 13.5. The highest BCUT2D eigenvalue weighted by atomic mass is 32.2. The molecule has 0 radical (unpaired) electrons. The van der Waals surface area contributed by atoms with Gasteiger partial charge < -0.3 is 10.1 Å². The summed E-state index contributed by atoms with van der Waals surface area (Å²) >= 11 is 0. The number of hydrogen-bond acceptors (Lipinski definition) is 7. The summed E-state index contributed by atoms with van der Waals surface area (Å²) in [5.41, 5.74) is 0.260. The maximum atomic E-state index is 12.2. The summed E-state index contributed by atoms with van der Waals surface area (Å²) < 4.78 is 53.7. The molecule has 0 saturated heterocycles. The lowest BCUT2D eigenvalue weighted by Crippen LogP contribution is -2.40. The highest BCUT2D eigenvalue weighted by Crippen LogP contribution is 2.13. The Kier molecular flexibility index (Phi) is 7.08. The van der Waals surface area contributed by atoms with E-state index in [9.17, 15) is 26.4 Å². The number of hydrogen-bond donors (Lipinski definition) is 3. The Bertz CT molecular complexity index is 1080. The van der Waals surface area contributed by atoms with Crippen molar-refractivity contribution in [1.82, 2.24) is 4.72 Å². The zero-order valence-corrected chi connectivity index (χ0v) is 16.9. The molecule has 0 aliphatic heterocycles. The van der Waals surface area contributed by atoms with Crippen LogP contribution in [0, 0.1) is 0 Å². The van der Waals surface area contributed by atoms with Gasteiger partial charge >= 0.3 is 5.97 Å². The number of carbonyl (C=O) groups is 2. The second-order valence-electron chi connectivity index (χ2n) is 5.88. The van der Waals surface area contributed by atoms with Crippen LogP contribution < -0.4 is 15.2 Å². The molecule has 0 heterocycles. The Balaban J connectivity index is 1.87. The van der Waals surface area contributed by atoms with E-state index in [0.29, 0.717) is 0 Å². The average Bonchev–Trinajstić information content (AvgIpc) is 2.66. The first kappa shape index (κ1) is 22.5. The van der Waals surface area contributed by atoms with E-state index < -0.39 is 44.6 Å². The fraction of sp³-hybridized carbons (Fsp3) is 0.176. The molecule has 4 N–H and O–H groups in total. The smallest absolute Gasteiger partial charge is 0.324 e. The van der Waals surface area contributed by atoms with Crippen LogP contribution in [-0.2, 0) is 34.4 Å². The Morgan fingerprint density at radius 3 is 2.10 bits per heavy atom. The van der Waals surface area contributed by atoms with Crippen LogP contribution in [0.2, 0.25) is 0 Å². The molecule has 0 bridgehead atoms. The Morgan fingerprint density at radius 1 is 0.966 bits per heavy atom. The van der Waals surface area contributed by atoms with Gasteiger partial charge in [-0.15, -0.1) is 0 Å². The Labute approximate surface area is 168 Å². The van der Waals surface area contributed by atoms with Crippen molar-refractivity contribution >= 4 is 37.6 Å². The largest absolute Gasteiger partial charge is 0.454 e. The second kappa shape index (κ2) is 9.13. The van der Waals surface area contributed by atoms with Crippen LogP contribution >= 0.6 is 0 Å². The standard InChI is InChI=1S/C17H19N3O7S2/c1-12(20-29(25,26)15-5-3-2-4-6-15)17(22)27-11-16(21)19-13-7-9-14(10-8-13)28(18,23)24/h2-10,12,20H,11H2,1H3,(H,19,21)(H2,18,23,24)/t12-/m0/s1. The average molecular weight is 441 g/mol. The zero-order valence-electron chi connectivity index (χ0n) is 15.2. The number of sulfonamides is 2. The summed E-state index contributed by atoms with van der Waals surface area (Å²) in [4.78, 5) is 23.7. The van der Waals surface area contributed by atoms with Crippen molar-refractivity contribution in [3.63, 3.8) is 0 Å². The van der Waals surface area contributed by atoms with Crippen LogP contribution in [0.5, 0.6) is 0 Å². The van der Waals surface area contributed by atoms with Crippen molar-refractivity contribution in [1.29, 1.82) is 0 Å². The van der Waals surface area contributed by atoms with Gasteiger partial charge in [0.1, 0.15) is 6.04 Å². The van der Waals surface area contributed by atoms with E-state index in [1.807, 2.05) is 0 Å². The molecule has 10 nitrogen and oxygen atoms in total. The quantitative estimate of drug-likeness (QED) is 0.492. The van der Waals surface area contributed by atoms with Crippen molar-refractivity contribution in [3.8, 4) is 0 Å². The minimum Gasteiger partial charge on any atom is -0.454 e. The van der Waals surface area contributed by atoms with E-state index in [1.54, 1.807) is 6.07 Å². The van der Waals surface area contributed by atoms with Gasteiger partial charge in [0.15, 0.2) is 6.61 Å². The highest BCUT2D eigenvalue weighted by molar-refractivity contribution is 7.89. The van der Waals surface area contributed by atoms with Crippen molar-refractivity contribution in [2.24, 2.45) is 5.14 Å². The molecule has 1 atom stereocenters. The maximum Gasteiger partial charge on any atom is 0.324 e. The first-order valence-corrected chi connectivity index (χ1v) is 11.2. The van der Waals surface area contributed by atoms with Crippen molar-refractivity contribution in [2.45, 2.75) is 22.8 Å². The van der Waals surface area contributed by atoms with E-state index in [4.69, 9.17) is 9.88 Å². The monoisotopic (exact) mass is 441 g/mol. The molecular formula is C17H19N3O7S2. The molecule has 0 saturated carbocycles. The number of nitrogens with two attached hydrogens (primary N) is 1. The van der Waals surface area contributed by atoms with E-state index in [0.717, 1.165) is 0 Å². The molecule has 2 aromatic rings. The maximum absolute atomic E-state index is 12.2. The number of primary sulfonamides is 1. The molecule has 2 rings (SSSR count). The van der Waals surface area contributed by atoms with E-state index in [2.05, 4.69) is 10.0 Å². The second-order valence-corrected chi connectivity index (χ2v) is 9.16. The van der Waals surface area contributed by atoms with Gasteiger partial charge in [0.05, 0.1) is 9.79 Å². The lowest BCUT2D eigenvalue weighted by Gasteiger charge is -2.14. The third kappa shape index (κ3) is 6.64. The predicted molar refractivity (Wildman–Crippen MR) is 104 cm³/mol. The summed E-state index contributed by atoms with van der Waals surface area (Å²) in [6.45, 7) is 0.625. The number of ether oxygens (including phenoxy) is 1. The summed E-state index contributed by atoms with van der Waals surface area (Å²) in [6.07, 6.45) is 0. The lowest BCUT2D eigenvalue weighted by molar-refractivity contribution is -0.148. The molecule has 12 heteroatoms. The normalized spacial score (nSPS) is 12.8. The summed E-state index contributed by atoms with van der Waals surface area (Å²) in [7, 11) is -7.77. The molecule has 156 valence electrons. The summed E-state index contributed by atoms with van der Waals surface area (Å²) in [5.74, 6) is -1.64. The number of rotatable bonds is 8. The van der Waals surface area contributed by atoms with Gasteiger partial charge in [0, 0.05) is 5.69 Å². The van der Waals surface area contributed by atoms with Crippen LogP contribution in [-0.4, -0.2) is 41.4 Å². The number of benzene rings is 2. The fourth-order valence-corrected chi connectivity index (χ4v) is 3.86. The van der Waals surface area contributed by atoms with E-state index in [1.165, 1.54) is 55.5 Å². The molecule has 0 unspecified atom stereocenters. The summed E-state index contributed by atoms with van der Waals surface area (Å²) in [5, 5.41) is 7.38. The molecule has 29 heavy (non-hydrogen) atoms. The molecule has 0 aliphatic carbocycles. The van der Waals surface area contributed by atoms with E-state index in [-0.39, 0.29) is 15.5 Å². The molecule has 0 fully saturated rings. The molecule has 0 spiro atoms. The fourth-order valence-electron chi connectivity index (χ4n) is 2.14. The van der Waals surface area contributed by atoms with Crippen LogP contribution in [0.15, 0.2) is 64.4 Å². The van der Waals surface area contributed by atoms with Gasteiger partial charge in [-0.3, -0.25) is 9.59 Å². The van der Waals surface area contributed by atoms with Gasteiger partial charge in [0.25, 0.3) is 5.91 Å². The van der Waals surface area contributed by atoms with Crippen LogP contribution in [0.4, 0.5) is 5.69 Å². The van der Waals surface area contributed by atoms with Crippen molar-refractivity contribution in [2.75, 3.05) is 11.9 Å². The number of anilines is 1. The lowest BCUT2D eigenvalue weighted by atomic mass is 10.3. The van der Waals surface area contributed by atoms with Crippen LogP contribution in [0.25, 0.3) is 0 Å². The number of carbonyl (C=O) groups excluding carboxylic acids is 2. The number of nitrogens with one attached hydrogen (secondary N) is 2. The van der Waals surface area contributed by atoms with Gasteiger partial charge in [-0.25, -0.2) is 22.0 Å². The highest BCUT2D eigenvalue weighted by Gasteiger charge is 2.23. The van der Waals surface area contributed by atoms with Gasteiger partial charge in [-0.2, -0.15) is 4.72 Å². The SMILES string of the molecule is C[C@H](NS(=O)(=O)c1ccccc1)C(=O)OCC(=O)Nc1ccc(S(N)(=O)=O)cc1. The molecule has 1 amide bonds. The van der Waals surface area contributed by atoms with Gasteiger partial charge in [-0.05, 0) is 43.3 Å². The number of esters is 1. The molecule has 0 aliphatic rings. The van der Waals surface area contributed by atoms with Crippen molar-refractivity contribution < 1.29 is 31.2 Å². The molecular weight excluding hydrogens is 422 g/mol. The third-order valence-electron chi connectivity index (χ3n) is 3.55. The Hall–Kier alpha value is -2.80. The molecule has 2 aromatic carbocycles. The van der Waals surface area contributed by atoms with Gasteiger partial charge in [0.2, 0.25) is 20.0 Å². The van der Waals surface area contributed by atoms with Gasteiger partial charge in [-0.1, -0.05) is 18.2 Å².